The zero-order valence-corrected chi connectivity index (χ0v) is 21.1. The first-order valence-electron chi connectivity index (χ1n) is 11.6. The van der Waals surface area contributed by atoms with Gasteiger partial charge in [-0.05, 0) is 54.6 Å². The Kier molecular flexibility index (Phi) is 8.39. The number of nitrogens with one attached hydrogen (secondary N) is 1. The van der Waals surface area contributed by atoms with Gasteiger partial charge in [-0.15, -0.1) is 0 Å². The zero-order valence-electron chi connectivity index (χ0n) is 20.3. The Morgan fingerprint density at radius 3 is 2.50 bits per heavy atom. The molecule has 1 fully saturated rings. The quantitative estimate of drug-likeness (QED) is 0.213. The van der Waals surface area contributed by atoms with Gasteiger partial charge in [0.15, 0.2) is 18.1 Å². The number of para-hydroxylation sites is 2. The van der Waals surface area contributed by atoms with Crippen molar-refractivity contribution in [2.24, 2.45) is 0 Å². The normalized spacial score (nSPS) is 14.0. The van der Waals surface area contributed by atoms with Crippen LogP contribution in [0, 0.1) is 10.1 Å². The molecule has 0 bridgehead atoms. The van der Waals surface area contributed by atoms with Crippen molar-refractivity contribution in [3.63, 3.8) is 0 Å². The number of thioether (sulfide) groups is 1. The molecule has 0 unspecified atom stereocenters. The van der Waals surface area contributed by atoms with E-state index in [9.17, 15) is 24.5 Å². The molecule has 0 atom stereocenters. The van der Waals surface area contributed by atoms with Gasteiger partial charge in [-0.2, -0.15) is 0 Å². The minimum atomic E-state index is -0.547. The smallest absolute Gasteiger partial charge is 0.293 e. The number of rotatable bonds is 10. The van der Waals surface area contributed by atoms with Crippen LogP contribution < -0.4 is 14.8 Å². The highest BCUT2D eigenvalue weighted by atomic mass is 32.2. The zero-order chi connectivity index (χ0) is 27.1. The maximum absolute atomic E-state index is 13.0. The van der Waals surface area contributed by atoms with E-state index in [1.165, 1.54) is 18.2 Å². The maximum Gasteiger partial charge on any atom is 0.293 e. The summed E-state index contributed by atoms with van der Waals surface area (Å²) in [6.45, 7) is 1.69. The summed E-state index contributed by atoms with van der Waals surface area (Å²) >= 11 is 0.752. The van der Waals surface area contributed by atoms with Crippen molar-refractivity contribution in [3.8, 4) is 11.5 Å². The standard InChI is InChI=1S/C27H23N3O7S/c1-2-36-23-14-18(12-13-22(23)37-17-25(31)28-20-9-4-3-5-10-20)15-24-26(32)29(27(33)38-24)16-19-8-6-7-11-21(19)30(34)35/h3-15H,2,16-17H2,1H3,(H,28,31)/b24-15-. The first kappa shape index (κ1) is 26.4. The van der Waals surface area contributed by atoms with Crippen LogP contribution in [0.15, 0.2) is 77.7 Å². The van der Waals surface area contributed by atoms with Crippen LogP contribution in [0.5, 0.6) is 11.5 Å². The summed E-state index contributed by atoms with van der Waals surface area (Å²) < 4.78 is 11.3. The van der Waals surface area contributed by atoms with Crippen LogP contribution in [0.4, 0.5) is 16.2 Å². The number of amides is 3. The van der Waals surface area contributed by atoms with Gasteiger partial charge in [-0.3, -0.25) is 29.4 Å². The van der Waals surface area contributed by atoms with Gasteiger partial charge < -0.3 is 14.8 Å². The summed E-state index contributed by atoms with van der Waals surface area (Å²) in [5, 5.41) is 13.5. The summed E-state index contributed by atoms with van der Waals surface area (Å²) in [6.07, 6.45) is 1.54. The lowest BCUT2D eigenvalue weighted by atomic mass is 10.1. The fourth-order valence-electron chi connectivity index (χ4n) is 3.64. The third-order valence-electron chi connectivity index (χ3n) is 5.37. The Hall–Kier alpha value is -4.64. The minimum Gasteiger partial charge on any atom is -0.490 e. The average Bonchev–Trinajstić information content (AvgIpc) is 3.16. The maximum atomic E-state index is 13.0. The van der Waals surface area contributed by atoms with Crippen molar-refractivity contribution in [1.82, 2.24) is 4.90 Å². The molecule has 1 N–H and O–H groups in total. The molecule has 3 amide bonds. The van der Waals surface area contributed by atoms with Crippen LogP contribution in [0.3, 0.4) is 0 Å². The molecule has 0 aliphatic carbocycles. The number of carbonyl (C=O) groups excluding carboxylic acids is 3. The average molecular weight is 534 g/mol. The Morgan fingerprint density at radius 1 is 1.03 bits per heavy atom. The first-order chi connectivity index (χ1) is 18.4. The molecule has 0 saturated carbocycles. The SMILES string of the molecule is CCOc1cc(/C=C2\SC(=O)N(Cc3ccccc3[N+](=O)[O-])C2=O)ccc1OCC(=O)Nc1ccccc1. The highest BCUT2D eigenvalue weighted by Gasteiger charge is 2.36. The van der Waals surface area contributed by atoms with Gasteiger partial charge in [0, 0.05) is 17.3 Å². The summed E-state index contributed by atoms with van der Waals surface area (Å²) in [6, 6.07) is 19.9. The molecule has 3 aromatic carbocycles. The summed E-state index contributed by atoms with van der Waals surface area (Å²) in [4.78, 5) is 49.6. The van der Waals surface area contributed by atoms with E-state index >= 15 is 0 Å². The van der Waals surface area contributed by atoms with E-state index in [4.69, 9.17) is 9.47 Å². The Labute approximate surface area is 222 Å². The van der Waals surface area contributed by atoms with E-state index in [0.29, 0.717) is 29.4 Å². The number of hydrogen-bond acceptors (Lipinski definition) is 8. The number of ether oxygens (including phenoxy) is 2. The molecule has 11 heteroatoms. The van der Waals surface area contributed by atoms with Crippen molar-refractivity contribution < 1.29 is 28.8 Å². The molecule has 4 rings (SSSR count). The first-order valence-corrected chi connectivity index (χ1v) is 12.4. The largest absolute Gasteiger partial charge is 0.490 e. The molecule has 1 saturated heterocycles. The lowest BCUT2D eigenvalue weighted by Crippen LogP contribution is -2.27. The molecule has 1 aliphatic heterocycles. The Bertz CT molecular complexity index is 1410. The van der Waals surface area contributed by atoms with Gasteiger partial charge in [-0.25, -0.2) is 0 Å². The van der Waals surface area contributed by atoms with Crippen LogP contribution >= 0.6 is 11.8 Å². The van der Waals surface area contributed by atoms with E-state index < -0.39 is 16.1 Å². The molecular weight excluding hydrogens is 510 g/mol. The summed E-state index contributed by atoms with van der Waals surface area (Å²) in [5.41, 5.74) is 1.32. The number of nitrogens with zero attached hydrogens (tertiary/aromatic N) is 2. The number of nitro groups is 1. The van der Waals surface area contributed by atoms with Crippen molar-refractivity contribution in [1.29, 1.82) is 0 Å². The molecule has 3 aromatic rings. The molecule has 194 valence electrons. The van der Waals surface area contributed by atoms with Gasteiger partial charge in [0.1, 0.15) is 0 Å². The topological polar surface area (TPSA) is 128 Å². The molecule has 0 radical (unpaired) electrons. The molecule has 0 spiro atoms. The monoisotopic (exact) mass is 533 g/mol. The van der Waals surface area contributed by atoms with Gasteiger partial charge in [-0.1, -0.05) is 42.5 Å². The number of benzene rings is 3. The molecule has 10 nitrogen and oxygen atoms in total. The second kappa shape index (κ2) is 12.1. The number of hydrogen-bond donors (Lipinski definition) is 1. The Morgan fingerprint density at radius 2 is 1.76 bits per heavy atom. The molecule has 1 aliphatic rings. The lowest BCUT2D eigenvalue weighted by Gasteiger charge is -2.13. The van der Waals surface area contributed by atoms with Gasteiger partial charge in [0.25, 0.3) is 22.7 Å². The third-order valence-corrected chi connectivity index (χ3v) is 6.28. The van der Waals surface area contributed by atoms with E-state index in [0.717, 1.165) is 16.7 Å². The van der Waals surface area contributed by atoms with Crippen LogP contribution in [0.1, 0.15) is 18.1 Å². The summed E-state index contributed by atoms with van der Waals surface area (Å²) in [5.74, 6) is -0.173. The fraction of sp³-hybridized carbons (Fsp3) is 0.148. The number of carbonyl (C=O) groups is 3. The van der Waals surface area contributed by atoms with E-state index in [1.807, 2.05) is 18.2 Å². The van der Waals surface area contributed by atoms with E-state index in [2.05, 4.69) is 5.32 Å². The van der Waals surface area contributed by atoms with E-state index in [1.54, 1.807) is 49.4 Å². The second-order valence-electron chi connectivity index (χ2n) is 8.00. The predicted molar refractivity (Wildman–Crippen MR) is 143 cm³/mol. The van der Waals surface area contributed by atoms with E-state index in [-0.39, 0.29) is 35.2 Å². The van der Waals surface area contributed by atoms with Crippen molar-refractivity contribution in [3.05, 3.63) is 98.9 Å². The second-order valence-corrected chi connectivity index (χ2v) is 8.99. The number of nitro benzene ring substituents is 1. The van der Waals surface area contributed by atoms with Gasteiger partial charge >= 0.3 is 0 Å². The van der Waals surface area contributed by atoms with Crippen LogP contribution in [0.25, 0.3) is 6.08 Å². The molecular formula is C27H23N3O7S. The minimum absolute atomic E-state index is 0.162. The lowest BCUT2D eigenvalue weighted by molar-refractivity contribution is -0.385. The third kappa shape index (κ3) is 6.37. The fourth-order valence-corrected chi connectivity index (χ4v) is 4.48. The van der Waals surface area contributed by atoms with Crippen LogP contribution in [-0.4, -0.2) is 40.1 Å². The van der Waals surface area contributed by atoms with Gasteiger partial charge in [0.2, 0.25) is 0 Å². The predicted octanol–water partition coefficient (Wildman–Crippen LogP) is 5.25. The number of anilines is 1. The highest BCUT2D eigenvalue weighted by molar-refractivity contribution is 8.18. The number of imide groups is 1. The Balaban J connectivity index is 1.47. The molecule has 1 heterocycles. The van der Waals surface area contributed by atoms with Crippen LogP contribution in [-0.2, 0) is 16.1 Å². The van der Waals surface area contributed by atoms with Crippen LogP contribution in [0.2, 0.25) is 0 Å². The molecule has 0 aromatic heterocycles. The van der Waals surface area contributed by atoms with Crippen molar-refractivity contribution in [2.45, 2.75) is 13.5 Å². The highest BCUT2D eigenvalue weighted by Crippen LogP contribution is 2.36. The van der Waals surface area contributed by atoms with Crippen molar-refractivity contribution >= 4 is 46.3 Å². The summed E-state index contributed by atoms with van der Waals surface area (Å²) in [7, 11) is 0. The van der Waals surface area contributed by atoms with Crippen molar-refractivity contribution in [2.75, 3.05) is 18.5 Å². The van der Waals surface area contributed by atoms with Gasteiger partial charge in [0.05, 0.1) is 23.0 Å². The molecule has 38 heavy (non-hydrogen) atoms.